The molecule has 4 nitrogen and oxygen atoms in total. The number of hydrogen-bond donors (Lipinski definition) is 2. The standard InChI is InChI=1S/C13H29NO3S/c1-4-5-6-16-7-8-17-10-13(15)9-14-12(2)11-18-3/h12-15H,4-11H2,1-3H3. The van der Waals surface area contributed by atoms with Crippen LogP contribution in [-0.4, -0.2) is 62.2 Å². The molecule has 0 bridgehead atoms. The van der Waals surface area contributed by atoms with E-state index in [9.17, 15) is 5.11 Å². The average molecular weight is 279 g/mol. The Labute approximate surface area is 116 Å². The Morgan fingerprint density at radius 3 is 2.61 bits per heavy atom. The molecule has 0 aliphatic rings. The van der Waals surface area contributed by atoms with Crippen LogP contribution in [0.1, 0.15) is 26.7 Å². The van der Waals surface area contributed by atoms with Gasteiger partial charge in [-0.2, -0.15) is 11.8 Å². The molecule has 2 atom stereocenters. The minimum atomic E-state index is -0.440. The minimum Gasteiger partial charge on any atom is -0.389 e. The summed E-state index contributed by atoms with van der Waals surface area (Å²) in [6.45, 7) is 7.18. The zero-order valence-corrected chi connectivity index (χ0v) is 12.8. The molecule has 0 saturated carbocycles. The molecule has 0 heterocycles. The molecular formula is C13H29NO3S. The van der Waals surface area contributed by atoms with E-state index in [1.165, 1.54) is 0 Å². The molecule has 0 aromatic heterocycles. The summed E-state index contributed by atoms with van der Waals surface area (Å²) in [7, 11) is 0. The van der Waals surface area contributed by atoms with Crippen LogP contribution in [0.5, 0.6) is 0 Å². The Morgan fingerprint density at radius 2 is 1.94 bits per heavy atom. The van der Waals surface area contributed by atoms with E-state index >= 15 is 0 Å². The van der Waals surface area contributed by atoms with E-state index < -0.39 is 6.10 Å². The van der Waals surface area contributed by atoms with Gasteiger partial charge in [-0.3, -0.25) is 0 Å². The van der Waals surface area contributed by atoms with Crippen molar-refractivity contribution in [2.75, 3.05) is 45.0 Å². The van der Waals surface area contributed by atoms with Crippen molar-refractivity contribution in [1.29, 1.82) is 0 Å². The van der Waals surface area contributed by atoms with Gasteiger partial charge in [0.25, 0.3) is 0 Å². The van der Waals surface area contributed by atoms with Crippen LogP contribution >= 0.6 is 11.8 Å². The first kappa shape index (κ1) is 18.2. The molecule has 2 N–H and O–H groups in total. The van der Waals surface area contributed by atoms with Crippen molar-refractivity contribution in [1.82, 2.24) is 5.32 Å². The highest BCUT2D eigenvalue weighted by Gasteiger charge is 2.06. The van der Waals surface area contributed by atoms with Gasteiger partial charge in [0.05, 0.1) is 25.9 Å². The zero-order valence-electron chi connectivity index (χ0n) is 12.0. The molecule has 0 aromatic rings. The summed E-state index contributed by atoms with van der Waals surface area (Å²) in [6, 6.07) is 0.423. The lowest BCUT2D eigenvalue weighted by Crippen LogP contribution is -2.37. The monoisotopic (exact) mass is 279 g/mol. The summed E-state index contributed by atoms with van der Waals surface area (Å²) >= 11 is 1.80. The SMILES string of the molecule is CCCCOCCOCC(O)CNC(C)CSC. The molecule has 0 spiro atoms. The molecule has 0 radical (unpaired) electrons. The van der Waals surface area contributed by atoms with Gasteiger partial charge in [0.1, 0.15) is 0 Å². The van der Waals surface area contributed by atoms with Crippen LogP contribution in [0.25, 0.3) is 0 Å². The Morgan fingerprint density at radius 1 is 1.22 bits per heavy atom. The van der Waals surface area contributed by atoms with Crippen LogP contribution in [0.3, 0.4) is 0 Å². The third-order valence-electron chi connectivity index (χ3n) is 2.44. The summed E-state index contributed by atoms with van der Waals surface area (Å²) in [5.41, 5.74) is 0. The molecule has 0 rings (SSSR count). The lowest BCUT2D eigenvalue weighted by Gasteiger charge is -2.16. The predicted octanol–water partition coefficient (Wildman–Crippen LogP) is 1.52. The van der Waals surface area contributed by atoms with Crippen molar-refractivity contribution in [3.8, 4) is 0 Å². The average Bonchev–Trinajstić information content (AvgIpc) is 2.35. The highest BCUT2D eigenvalue weighted by atomic mass is 32.2. The maximum absolute atomic E-state index is 9.67. The highest BCUT2D eigenvalue weighted by Crippen LogP contribution is 1.96. The molecule has 0 aliphatic carbocycles. The topological polar surface area (TPSA) is 50.7 Å². The molecule has 0 aliphatic heterocycles. The number of ether oxygens (including phenoxy) is 2. The minimum absolute atomic E-state index is 0.371. The van der Waals surface area contributed by atoms with Crippen LogP contribution < -0.4 is 5.32 Å². The van der Waals surface area contributed by atoms with Gasteiger partial charge in [-0.1, -0.05) is 13.3 Å². The van der Waals surface area contributed by atoms with Crippen molar-refractivity contribution in [2.24, 2.45) is 0 Å². The number of thioether (sulfide) groups is 1. The van der Waals surface area contributed by atoms with E-state index in [2.05, 4.69) is 25.4 Å². The van der Waals surface area contributed by atoms with Crippen LogP contribution in [-0.2, 0) is 9.47 Å². The van der Waals surface area contributed by atoms with Gasteiger partial charge in [-0.25, -0.2) is 0 Å². The number of aliphatic hydroxyl groups is 1. The third-order valence-corrected chi connectivity index (χ3v) is 3.28. The number of aliphatic hydroxyl groups excluding tert-OH is 1. The summed E-state index contributed by atoms with van der Waals surface area (Å²) in [4.78, 5) is 0. The Bertz CT molecular complexity index is 172. The molecule has 0 amide bonds. The molecule has 0 saturated heterocycles. The van der Waals surface area contributed by atoms with E-state index in [-0.39, 0.29) is 0 Å². The zero-order chi connectivity index (χ0) is 13.6. The second kappa shape index (κ2) is 13.6. The molecule has 0 fully saturated rings. The van der Waals surface area contributed by atoms with Crippen LogP contribution in [0, 0.1) is 0 Å². The van der Waals surface area contributed by atoms with Gasteiger partial charge in [0, 0.05) is 24.9 Å². The summed E-state index contributed by atoms with van der Waals surface area (Å²) in [5, 5.41) is 12.9. The Kier molecular flexibility index (Phi) is 13.8. The fourth-order valence-corrected chi connectivity index (χ4v) is 2.01. The van der Waals surface area contributed by atoms with Crippen LogP contribution in [0.4, 0.5) is 0 Å². The van der Waals surface area contributed by atoms with E-state index in [0.717, 1.165) is 25.2 Å². The van der Waals surface area contributed by atoms with Gasteiger partial charge < -0.3 is 19.9 Å². The Balaban J connectivity index is 3.23. The summed E-state index contributed by atoms with van der Waals surface area (Å²) in [5.74, 6) is 1.05. The molecular weight excluding hydrogens is 250 g/mol. The normalized spacial score (nSPS) is 14.7. The van der Waals surface area contributed by atoms with Gasteiger partial charge in [0.2, 0.25) is 0 Å². The van der Waals surface area contributed by atoms with E-state index in [1.54, 1.807) is 11.8 Å². The van der Waals surface area contributed by atoms with Gasteiger partial charge in [0.15, 0.2) is 0 Å². The van der Waals surface area contributed by atoms with Crippen molar-refractivity contribution >= 4 is 11.8 Å². The van der Waals surface area contributed by atoms with Crippen LogP contribution in [0.15, 0.2) is 0 Å². The fraction of sp³-hybridized carbons (Fsp3) is 1.00. The fourth-order valence-electron chi connectivity index (χ4n) is 1.39. The predicted molar refractivity (Wildman–Crippen MR) is 78.4 cm³/mol. The van der Waals surface area contributed by atoms with Gasteiger partial charge in [-0.05, 0) is 19.6 Å². The van der Waals surface area contributed by atoms with E-state index in [4.69, 9.17) is 9.47 Å². The molecule has 110 valence electrons. The lowest BCUT2D eigenvalue weighted by atomic mass is 10.3. The molecule has 18 heavy (non-hydrogen) atoms. The van der Waals surface area contributed by atoms with E-state index in [0.29, 0.717) is 32.4 Å². The summed E-state index contributed by atoms with van der Waals surface area (Å²) < 4.78 is 10.7. The second-order valence-corrected chi connectivity index (χ2v) is 5.37. The number of nitrogens with one attached hydrogen (secondary N) is 1. The molecule has 2 unspecified atom stereocenters. The molecule has 5 heteroatoms. The van der Waals surface area contributed by atoms with Crippen LogP contribution in [0.2, 0.25) is 0 Å². The number of hydrogen-bond acceptors (Lipinski definition) is 5. The lowest BCUT2D eigenvalue weighted by molar-refractivity contribution is 0.00349. The first-order valence-electron chi connectivity index (χ1n) is 6.76. The van der Waals surface area contributed by atoms with Gasteiger partial charge >= 0.3 is 0 Å². The first-order chi connectivity index (χ1) is 8.70. The smallest absolute Gasteiger partial charge is 0.0897 e. The maximum atomic E-state index is 9.67. The number of rotatable bonds is 13. The highest BCUT2D eigenvalue weighted by molar-refractivity contribution is 7.98. The van der Waals surface area contributed by atoms with Crippen molar-refractivity contribution in [3.63, 3.8) is 0 Å². The number of unbranched alkanes of at least 4 members (excludes halogenated alkanes) is 1. The maximum Gasteiger partial charge on any atom is 0.0897 e. The second-order valence-electron chi connectivity index (χ2n) is 4.46. The van der Waals surface area contributed by atoms with Crippen molar-refractivity contribution in [3.05, 3.63) is 0 Å². The quantitative estimate of drug-likeness (QED) is 0.501. The van der Waals surface area contributed by atoms with Crippen molar-refractivity contribution in [2.45, 2.75) is 38.8 Å². The summed E-state index contributed by atoms with van der Waals surface area (Å²) in [6.07, 6.45) is 3.89. The largest absolute Gasteiger partial charge is 0.389 e. The Hall–Kier alpha value is 0.190. The molecule has 0 aromatic carbocycles. The van der Waals surface area contributed by atoms with Crippen molar-refractivity contribution < 1.29 is 14.6 Å². The third kappa shape index (κ3) is 12.6. The van der Waals surface area contributed by atoms with E-state index in [1.807, 2.05) is 0 Å². The van der Waals surface area contributed by atoms with Gasteiger partial charge in [-0.15, -0.1) is 0 Å². The first-order valence-corrected chi connectivity index (χ1v) is 8.16.